The second-order valence-electron chi connectivity index (χ2n) is 4.21. The zero-order valence-electron chi connectivity index (χ0n) is 9.16. The van der Waals surface area contributed by atoms with E-state index in [9.17, 15) is 5.11 Å². The number of aromatic nitrogens is 2. The third-order valence-electron chi connectivity index (χ3n) is 2.96. The molecule has 16 heavy (non-hydrogen) atoms. The van der Waals surface area contributed by atoms with Crippen LogP contribution in [-0.4, -0.2) is 38.8 Å². The van der Waals surface area contributed by atoms with Crippen LogP contribution in [0.3, 0.4) is 0 Å². The summed E-state index contributed by atoms with van der Waals surface area (Å²) >= 11 is 11.9. The maximum atomic E-state index is 9.58. The van der Waals surface area contributed by atoms with Crippen molar-refractivity contribution in [2.24, 2.45) is 7.05 Å². The fourth-order valence-corrected chi connectivity index (χ4v) is 2.52. The molecule has 0 saturated carbocycles. The number of hydrogen-bond acceptors (Lipinski definition) is 3. The highest BCUT2D eigenvalue weighted by molar-refractivity contribution is 6.32. The summed E-state index contributed by atoms with van der Waals surface area (Å²) in [5, 5.41) is 10.4. The lowest BCUT2D eigenvalue weighted by Gasteiger charge is -2.29. The van der Waals surface area contributed by atoms with Gasteiger partial charge >= 0.3 is 0 Å². The van der Waals surface area contributed by atoms with Gasteiger partial charge in [0.05, 0.1) is 11.8 Å². The van der Waals surface area contributed by atoms with Gasteiger partial charge in [-0.25, -0.2) is 4.98 Å². The fraction of sp³-hybridized carbons (Fsp3) is 0.700. The molecule has 1 fully saturated rings. The number of imidazole rings is 1. The number of aliphatic hydroxyl groups excluding tert-OH is 1. The van der Waals surface area contributed by atoms with E-state index in [0.717, 1.165) is 25.1 Å². The van der Waals surface area contributed by atoms with Gasteiger partial charge in [-0.3, -0.25) is 4.90 Å². The summed E-state index contributed by atoms with van der Waals surface area (Å²) in [6, 6.07) is 0. The average molecular weight is 264 g/mol. The summed E-state index contributed by atoms with van der Waals surface area (Å²) < 4.78 is 1.78. The van der Waals surface area contributed by atoms with Crippen molar-refractivity contribution in [3.8, 4) is 0 Å². The molecule has 1 atom stereocenters. The van der Waals surface area contributed by atoms with Gasteiger partial charge in [-0.2, -0.15) is 0 Å². The predicted molar refractivity (Wildman–Crippen MR) is 63.7 cm³/mol. The summed E-state index contributed by atoms with van der Waals surface area (Å²) in [6.07, 6.45) is 1.68. The minimum Gasteiger partial charge on any atom is -0.392 e. The van der Waals surface area contributed by atoms with Crippen molar-refractivity contribution in [2.75, 3.05) is 13.1 Å². The molecule has 1 aromatic heterocycles. The molecule has 1 saturated heterocycles. The van der Waals surface area contributed by atoms with E-state index in [0.29, 0.717) is 23.5 Å². The number of aliphatic hydroxyl groups is 1. The smallest absolute Gasteiger partial charge is 0.204 e. The van der Waals surface area contributed by atoms with Crippen LogP contribution in [0.5, 0.6) is 0 Å². The molecule has 1 N–H and O–H groups in total. The Morgan fingerprint density at radius 2 is 2.25 bits per heavy atom. The van der Waals surface area contributed by atoms with Crippen molar-refractivity contribution < 1.29 is 5.11 Å². The van der Waals surface area contributed by atoms with Crippen LogP contribution in [0, 0.1) is 0 Å². The SMILES string of the molecule is Cn1c(Cl)nc(Cl)c1CN1CCCC(O)C1. The first-order chi connectivity index (χ1) is 7.58. The molecule has 90 valence electrons. The molecule has 0 aromatic carbocycles. The quantitative estimate of drug-likeness (QED) is 0.883. The minimum absolute atomic E-state index is 0.226. The van der Waals surface area contributed by atoms with E-state index in [4.69, 9.17) is 23.2 Å². The topological polar surface area (TPSA) is 41.3 Å². The highest BCUT2D eigenvalue weighted by Gasteiger charge is 2.20. The lowest BCUT2D eigenvalue weighted by Crippen LogP contribution is -2.38. The Morgan fingerprint density at radius 3 is 2.81 bits per heavy atom. The van der Waals surface area contributed by atoms with Gasteiger partial charge in [-0.05, 0) is 31.0 Å². The van der Waals surface area contributed by atoms with E-state index in [-0.39, 0.29) is 6.10 Å². The van der Waals surface area contributed by atoms with Crippen LogP contribution in [0.4, 0.5) is 0 Å². The molecule has 1 unspecified atom stereocenters. The molecular weight excluding hydrogens is 249 g/mol. The summed E-state index contributed by atoms with van der Waals surface area (Å²) in [7, 11) is 1.84. The Labute approximate surface area is 105 Å². The number of rotatable bonds is 2. The average Bonchev–Trinajstić information content (AvgIpc) is 2.45. The predicted octanol–water partition coefficient (Wildman–Crippen LogP) is 1.68. The van der Waals surface area contributed by atoms with Gasteiger partial charge in [0.15, 0.2) is 5.15 Å². The van der Waals surface area contributed by atoms with Crippen molar-refractivity contribution >= 4 is 23.2 Å². The zero-order chi connectivity index (χ0) is 11.7. The number of β-amino-alcohol motifs (C(OH)–C–C–N with tert-alkyl or cyclic N) is 1. The molecular formula is C10H15Cl2N3O. The van der Waals surface area contributed by atoms with Crippen molar-refractivity contribution in [2.45, 2.75) is 25.5 Å². The second-order valence-corrected chi connectivity index (χ2v) is 4.90. The maximum Gasteiger partial charge on any atom is 0.204 e. The monoisotopic (exact) mass is 263 g/mol. The van der Waals surface area contributed by atoms with Crippen LogP contribution in [0.1, 0.15) is 18.5 Å². The van der Waals surface area contributed by atoms with E-state index in [1.807, 2.05) is 7.05 Å². The highest BCUT2D eigenvalue weighted by Crippen LogP contribution is 2.22. The number of nitrogens with zero attached hydrogens (tertiary/aromatic N) is 3. The Kier molecular flexibility index (Phi) is 3.74. The van der Waals surface area contributed by atoms with Crippen LogP contribution < -0.4 is 0 Å². The van der Waals surface area contributed by atoms with Gasteiger partial charge in [-0.1, -0.05) is 11.6 Å². The lowest BCUT2D eigenvalue weighted by molar-refractivity contribution is 0.0658. The molecule has 1 aliphatic rings. The molecule has 1 aliphatic heterocycles. The number of halogens is 2. The zero-order valence-corrected chi connectivity index (χ0v) is 10.7. The molecule has 2 rings (SSSR count). The molecule has 4 nitrogen and oxygen atoms in total. The van der Waals surface area contributed by atoms with Crippen molar-refractivity contribution in [1.29, 1.82) is 0 Å². The van der Waals surface area contributed by atoms with E-state index in [1.54, 1.807) is 4.57 Å². The van der Waals surface area contributed by atoms with Gasteiger partial charge in [0.25, 0.3) is 0 Å². The number of hydrogen-bond donors (Lipinski definition) is 1. The van der Waals surface area contributed by atoms with E-state index < -0.39 is 0 Å². The van der Waals surface area contributed by atoms with Gasteiger partial charge in [0.1, 0.15) is 0 Å². The first kappa shape index (κ1) is 12.2. The fourth-order valence-electron chi connectivity index (χ4n) is 2.03. The van der Waals surface area contributed by atoms with Crippen LogP contribution in [0.2, 0.25) is 10.4 Å². The standard InChI is InChI=1S/C10H15Cl2N3O/c1-14-8(9(11)13-10(14)12)6-15-4-2-3-7(16)5-15/h7,16H,2-6H2,1H3. The molecule has 0 aliphatic carbocycles. The first-order valence-electron chi connectivity index (χ1n) is 5.35. The largest absolute Gasteiger partial charge is 0.392 e. The van der Waals surface area contributed by atoms with Crippen molar-refractivity contribution in [1.82, 2.24) is 14.5 Å². The van der Waals surface area contributed by atoms with Gasteiger partial charge in [0.2, 0.25) is 5.28 Å². The normalized spacial score (nSPS) is 22.6. The highest BCUT2D eigenvalue weighted by atomic mass is 35.5. The van der Waals surface area contributed by atoms with E-state index in [1.165, 1.54) is 0 Å². The van der Waals surface area contributed by atoms with Crippen LogP contribution >= 0.6 is 23.2 Å². The first-order valence-corrected chi connectivity index (χ1v) is 6.10. The third kappa shape index (κ3) is 2.51. The summed E-state index contributed by atoms with van der Waals surface area (Å²) in [6.45, 7) is 2.36. The van der Waals surface area contributed by atoms with Crippen molar-refractivity contribution in [3.05, 3.63) is 16.1 Å². The van der Waals surface area contributed by atoms with Gasteiger partial charge in [-0.15, -0.1) is 0 Å². The Hall–Kier alpha value is -0.290. The lowest BCUT2D eigenvalue weighted by atomic mass is 10.1. The Balaban J connectivity index is 2.08. The van der Waals surface area contributed by atoms with Crippen LogP contribution in [-0.2, 0) is 13.6 Å². The minimum atomic E-state index is -0.226. The van der Waals surface area contributed by atoms with Crippen LogP contribution in [0.15, 0.2) is 0 Å². The van der Waals surface area contributed by atoms with E-state index >= 15 is 0 Å². The molecule has 1 aromatic rings. The molecule has 0 radical (unpaired) electrons. The molecule has 0 spiro atoms. The Morgan fingerprint density at radius 1 is 1.50 bits per heavy atom. The molecule has 6 heteroatoms. The summed E-state index contributed by atoms with van der Waals surface area (Å²) in [4.78, 5) is 6.17. The molecule has 0 amide bonds. The third-order valence-corrected chi connectivity index (χ3v) is 3.60. The summed E-state index contributed by atoms with van der Waals surface area (Å²) in [5.41, 5.74) is 0.903. The van der Waals surface area contributed by atoms with Gasteiger partial charge in [0, 0.05) is 20.1 Å². The Bertz CT molecular complexity index is 380. The van der Waals surface area contributed by atoms with Crippen LogP contribution in [0.25, 0.3) is 0 Å². The molecule has 0 bridgehead atoms. The number of likely N-dealkylation sites (tertiary alicyclic amines) is 1. The maximum absolute atomic E-state index is 9.58. The van der Waals surface area contributed by atoms with Gasteiger partial charge < -0.3 is 9.67 Å². The van der Waals surface area contributed by atoms with E-state index in [2.05, 4.69) is 9.88 Å². The van der Waals surface area contributed by atoms with Crippen molar-refractivity contribution in [3.63, 3.8) is 0 Å². The summed E-state index contributed by atoms with van der Waals surface area (Å²) in [5.74, 6) is 0. The second kappa shape index (κ2) is 4.92. The number of piperidine rings is 1. The molecule has 2 heterocycles.